The summed E-state index contributed by atoms with van der Waals surface area (Å²) in [5.74, 6) is 1.37. The molecule has 1 amide bonds. The van der Waals surface area contributed by atoms with E-state index in [0.717, 1.165) is 37.6 Å². The smallest absolute Gasteiger partial charge is 0.245 e. The zero-order chi connectivity index (χ0) is 16.8. The summed E-state index contributed by atoms with van der Waals surface area (Å²) in [5.41, 5.74) is 1.44. The number of hydrogen-bond donors (Lipinski definition) is 1. The number of ether oxygens (including phenoxy) is 1. The van der Waals surface area contributed by atoms with Crippen molar-refractivity contribution in [1.82, 2.24) is 5.32 Å². The van der Waals surface area contributed by atoms with E-state index in [0.29, 0.717) is 12.2 Å². The van der Waals surface area contributed by atoms with Crippen molar-refractivity contribution in [2.24, 2.45) is 0 Å². The van der Waals surface area contributed by atoms with Crippen molar-refractivity contribution in [3.63, 3.8) is 0 Å². The van der Waals surface area contributed by atoms with Crippen molar-refractivity contribution in [2.75, 3.05) is 42.7 Å². The van der Waals surface area contributed by atoms with Gasteiger partial charge in [-0.05, 0) is 35.9 Å². The number of hydrogen-bond acceptors (Lipinski definition) is 5. The molecule has 0 aliphatic carbocycles. The zero-order valence-corrected chi connectivity index (χ0v) is 14.3. The van der Waals surface area contributed by atoms with Crippen LogP contribution >= 0.6 is 11.8 Å². The van der Waals surface area contributed by atoms with Gasteiger partial charge in [0.25, 0.3) is 0 Å². The highest BCUT2D eigenvalue weighted by Gasteiger charge is 2.35. The van der Waals surface area contributed by atoms with Gasteiger partial charge < -0.3 is 15.0 Å². The first-order chi connectivity index (χ1) is 11.7. The van der Waals surface area contributed by atoms with Gasteiger partial charge in [0.05, 0.1) is 19.3 Å². The second kappa shape index (κ2) is 7.73. The van der Waals surface area contributed by atoms with Crippen molar-refractivity contribution in [2.45, 2.75) is 12.0 Å². The van der Waals surface area contributed by atoms with Gasteiger partial charge in [-0.25, -0.2) is 0 Å². The molecule has 0 bridgehead atoms. The van der Waals surface area contributed by atoms with E-state index in [4.69, 9.17) is 4.74 Å². The molecule has 6 heteroatoms. The predicted octanol–water partition coefficient (Wildman–Crippen LogP) is 2.05. The third-order valence-corrected chi connectivity index (χ3v) is 5.48. The molecule has 2 aliphatic heterocycles. The first kappa shape index (κ1) is 16.9. The fourth-order valence-corrected chi connectivity index (χ4v) is 4.11. The topological polar surface area (TPSA) is 65.4 Å². The van der Waals surface area contributed by atoms with Crippen LogP contribution in [0.15, 0.2) is 30.3 Å². The molecular formula is C18H21N3O2S. The van der Waals surface area contributed by atoms with E-state index in [9.17, 15) is 10.1 Å². The van der Waals surface area contributed by atoms with E-state index in [1.165, 1.54) is 11.8 Å². The number of carbonyl (C=O) groups excluding carboxylic acids is 1. The number of benzene rings is 1. The summed E-state index contributed by atoms with van der Waals surface area (Å²) < 4.78 is 5.36. The largest absolute Gasteiger partial charge is 0.378 e. The molecule has 0 aromatic heterocycles. The average Bonchev–Trinajstić information content (AvgIpc) is 3.10. The fraction of sp³-hybridized carbons (Fsp3) is 0.444. The molecule has 0 radical (unpaired) electrons. The molecule has 2 saturated heterocycles. The van der Waals surface area contributed by atoms with Crippen LogP contribution in [0.4, 0.5) is 5.69 Å². The Morgan fingerprint density at radius 1 is 1.33 bits per heavy atom. The van der Waals surface area contributed by atoms with Crippen LogP contribution < -0.4 is 10.2 Å². The van der Waals surface area contributed by atoms with Gasteiger partial charge in [-0.1, -0.05) is 12.1 Å². The molecule has 1 aromatic carbocycles. The molecule has 1 aromatic rings. The molecule has 0 unspecified atom stereocenters. The van der Waals surface area contributed by atoms with Gasteiger partial charge in [0.1, 0.15) is 5.54 Å². The summed E-state index contributed by atoms with van der Waals surface area (Å²) in [6.07, 6.45) is 4.00. The van der Waals surface area contributed by atoms with Crippen molar-refractivity contribution in [3.05, 3.63) is 35.9 Å². The van der Waals surface area contributed by atoms with Crippen molar-refractivity contribution < 1.29 is 9.53 Å². The highest BCUT2D eigenvalue weighted by Crippen LogP contribution is 2.27. The van der Waals surface area contributed by atoms with Gasteiger partial charge in [-0.2, -0.15) is 17.0 Å². The van der Waals surface area contributed by atoms with E-state index >= 15 is 0 Å². The first-order valence-corrected chi connectivity index (χ1v) is 9.28. The SMILES string of the molecule is N#C[C@@]1(NC(=O)/C=C\c2ccc(N3CCOCC3)cc2)CCSC1. The van der Waals surface area contributed by atoms with E-state index in [1.807, 2.05) is 12.1 Å². The van der Waals surface area contributed by atoms with E-state index in [2.05, 4.69) is 28.4 Å². The molecule has 1 atom stereocenters. The number of nitrogens with zero attached hydrogens (tertiary/aromatic N) is 2. The zero-order valence-electron chi connectivity index (χ0n) is 13.5. The van der Waals surface area contributed by atoms with Gasteiger partial charge in [0.2, 0.25) is 5.91 Å². The Hall–Kier alpha value is -1.97. The molecule has 1 N–H and O–H groups in total. The van der Waals surface area contributed by atoms with Crippen LogP contribution in [0.3, 0.4) is 0 Å². The minimum Gasteiger partial charge on any atom is -0.378 e. The molecule has 126 valence electrons. The van der Waals surface area contributed by atoms with Crippen LogP contribution in [0.2, 0.25) is 0 Å². The normalized spacial score (nSPS) is 24.0. The summed E-state index contributed by atoms with van der Waals surface area (Å²) in [6, 6.07) is 10.4. The number of rotatable bonds is 4. The lowest BCUT2D eigenvalue weighted by atomic mass is 10.0. The number of anilines is 1. The molecule has 2 fully saturated rings. The second-order valence-corrected chi connectivity index (χ2v) is 7.12. The summed E-state index contributed by atoms with van der Waals surface area (Å²) in [6.45, 7) is 3.35. The monoisotopic (exact) mass is 343 g/mol. The van der Waals surface area contributed by atoms with Crippen LogP contribution in [-0.2, 0) is 9.53 Å². The van der Waals surface area contributed by atoms with E-state index in [1.54, 1.807) is 17.8 Å². The number of thioether (sulfide) groups is 1. The summed E-state index contributed by atoms with van der Waals surface area (Å²) in [5, 5.41) is 12.1. The van der Waals surface area contributed by atoms with Crippen molar-refractivity contribution in [1.29, 1.82) is 5.26 Å². The third kappa shape index (κ3) is 4.11. The van der Waals surface area contributed by atoms with E-state index in [-0.39, 0.29) is 5.91 Å². The number of carbonyl (C=O) groups is 1. The lowest BCUT2D eigenvalue weighted by Crippen LogP contribution is -2.46. The summed E-state index contributed by atoms with van der Waals surface area (Å²) in [4.78, 5) is 14.4. The molecule has 24 heavy (non-hydrogen) atoms. The lowest BCUT2D eigenvalue weighted by Gasteiger charge is -2.28. The molecular weight excluding hydrogens is 322 g/mol. The van der Waals surface area contributed by atoms with Crippen LogP contribution in [-0.4, -0.2) is 49.3 Å². The van der Waals surface area contributed by atoms with Crippen LogP contribution in [0.5, 0.6) is 0 Å². The molecule has 2 heterocycles. The maximum atomic E-state index is 12.1. The van der Waals surface area contributed by atoms with E-state index < -0.39 is 5.54 Å². The van der Waals surface area contributed by atoms with Gasteiger partial charge in [-0.15, -0.1) is 0 Å². The molecule has 0 spiro atoms. The Morgan fingerprint density at radius 2 is 2.08 bits per heavy atom. The summed E-state index contributed by atoms with van der Waals surface area (Å²) in [7, 11) is 0. The standard InChI is InChI=1S/C18H21N3O2S/c19-13-18(7-12-24-14-18)20-17(22)6-3-15-1-4-16(5-2-15)21-8-10-23-11-9-21/h1-6H,7-12,14H2,(H,20,22)/b6-3-/t18-/m0/s1. The highest BCUT2D eigenvalue weighted by atomic mass is 32.2. The average molecular weight is 343 g/mol. The first-order valence-electron chi connectivity index (χ1n) is 8.13. The predicted molar refractivity (Wildman–Crippen MR) is 96.9 cm³/mol. The maximum absolute atomic E-state index is 12.1. The van der Waals surface area contributed by atoms with Gasteiger partial charge in [0.15, 0.2) is 0 Å². The Balaban J connectivity index is 1.58. The second-order valence-electron chi connectivity index (χ2n) is 6.01. The van der Waals surface area contributed by atoms with Crippen LogP contribution in [0.25, 0.3) is 6.08 Å². The minimum atomic E-state index is -0.702. The molecule has 3 rings (SSSR count). The number of amides is 1. The Morgan fingerprint density at radius 3 is 2.71 bits per heavy atom. The van der Waals surface area contributed by atoms with Gasteiger partial charge >= 0.3 is 0 Å². The Kier molecular flexibility index (Phi) is 5.44. The van der Waals surface area contributed by atoms with Crippen molar-refractivity contribution in [3.8, 4) is 6.07 Å². The quantitative estimate of drug-likeness (QED) is 0.848. The summed E-state index contributed by atoms with van der Waals surface area (Å²) >= 11 is 1.70. The Bertz CT molecular complexity index is 639. The van der Waals surface area contributed by atoms with Crippen LogP contribution in [0.1, 0.15) is 12.0 Å². The van der Waals surface area contributed by atoms with Crippen molar-refractivity contribution >= 4 is 29.4 Å². The number of morpholine rings is 1. The minimum absolute atomic E-state index is 0.212. The highest BCUT2D eigenvalue weighted by molar-refractivity contribution is 7.99. The molecule has 0 saturated carbocycles. The molecule has 5 nitrogen and oxygen atoms in total. The Labute approximate surface area is 146 Å². The van der Waals surface area contributed by atoms with Crippen LogP contribution in [0, 0.1) is 11.3 Å². The maximum Gasteiger partial charge on any atom is 0.245 e. The van der Waals surface area contributed by atoms with Gasteiger partial charge in [0, 0.05) is 30.6 Å². The van der Waals surface area contributed by atoms with Gasteiger partial charge in [-0.3, -0.25) is 4.79 Å². The number of nitrogens with one attached hydrogen (secondary N) is 1. The fourth-order valence-electron chi connectivity index (χ4n) is 2.85. The number of nitriles is 1. The lowest BCUT2D eigenvalue weighted by molar-refractivity contribution is -0.117. The molecule has 2 aliphatic rings. The third-order valence-electron chi connectivity index (χ3n) is 4.29.